The highest BCUT2D eigenvalue weighted by molar-refractivity contribution is 6.28. The second kappa shape index (κ2) is 5.35. The Morgan fingerprint density at radius 3 is 2.75 bits per heavy atom. The molecule has 1 aliphatic carbocycles. The van der Waals surface area contributed by atoms with Crippen molar-refractivity contribution in [3.05, 3.63) is 34.7 Å². The van der Waals surface area contributed by atoms with E-state index in [4.69, 9.17) is 11.6 Å². The van der Waals surface area contributed by atoms with E-state index in [1.165, 1.54) is 5.57 Å². The van der Waals surface area contributed by atoms with Crippen molar-refractivity contribution in [1.29, 1.82) is 0 Å². The second-order valence-electron chi connectivity index (χ2n) is 4.31. The smallest absolute Gasteiger partial charge is 0.277 e. The molecule has 0 aromatic rings. The van der Waals surface area contributed by atoms with Crippen LogP contribution >= 0.6 is 11.6 Å². The summed E-state index contributed by atoms with van der Waals surface area (Å²) in [6, 6.07) is 0. The van der Waals surface area contributed by atoms with E-state index in [1.807, 2.05) is 14.0 Å². The molecule has 0 fully saturated rings. The third-order valence-corrected chi connectivity index (χ3v) is 3.54. The lowest BCUT2D eigenvalue weighted by molar-refractivity contribution is -0.422. The topological polar surface area (TPSA) is 23.2 Å². The lowest BCUT2D eigenvalue weighted by Crippen LogP contribution is -2.11. The fourth-order valence-electron chi connectivity index (χ4n) is 1.92. The van der Waals surface area contributed by atoms with Gasteiger partial charge in [-0.3, -0.25) is 0 Å². The summed E-state index contributed by atoms with van der Waals surface area (Å²) in [7, 11) is 1.82. The first-order chi connectivity index (χ1) is 7.43. The molecule has 3 heteroatoms. The molecule has 1 aliphatic rings. The van der Waals surface area contributed by atoms with Crippen molar-refractivity contribution in [2.24, 2.45) is 5.92 Å². The first kappa shape index (κ1) is 13.0. The van der Waals surface area contributed by atoms with Crippen LogP contribution in [0.4, 0.5) is 0 Å². The van der Waals surface area contributed by atoms with Crippen LogP contribution < -0.4 is 0 Å². The van der Waals surface area contributed by atoms with Gasteiger partial charge in [0.05, 0.1) is 5.76 Å². The minimum Gasteiger partial charge on any atom is -0.513 e. The molecule has 0 bridgehead atoms. The molecule has 0 saturated heterocycles. The van der Waals surface area contributed by atoms with Gasteiger partial charge in [-0.25, -0.2) is 0 Å². The Kier molecular flexibility index (Phi) is 4.36. The summed E-state index contributed by atoms with van der Waals surface area (Å²) in [5.41, 5.74) is 2.22. The molecule has 0 aliphatic heterocycles. The van der Waals surface area contributed by atoms with Crippen LogP contribution in [0.3, 0.4) is 0 Å². The SMILES string of the molecule is C=C(O)C1CCC=C(C(C)=C(Cl)[N+](=C)C)C1. The predicted molar refractivity (Wildman–Crippen MR) is 69.1 cm³/mol. The highest BCUT2D eigenvalue weighted by Crippen LogP contribution is 2.33. The summed E-state index contributed by atoms with van der Waals surface area (Å²) in [6.45, 7) is 9.35. The molecule has 1 unspecified atom stereocenters. The molecule has 0 aromatic heterocycles. The lowest BCUT2D eigenvalue weighted by atomic mass is 9.85. The van der Waals surface area contributed by atoms with Crippen LogP contribution in [0, 0.1) is 5.92 Å². The molecule has 0 spiro atoms. The third-order valence-electron chi connectivity index (χ3n) is 2.97. The molecule has 0 aromatic carbocycles. The second-order valence-corrected chi connectivity index (χ2v) is 4.67. The Balaban J connectivity index is 2.90. The van der Waals surface area contributed by atoms with Gasteiger partial charge in [0, 0.05) is 11.5 Å². The Hall–Kier alpha value is -1.02. The van der Waals surface area contributed by atoms with Gasteiger partial charge in [0.1, 0.15) is 13.8 Å². The van der Waals surface area contributed by atoms with Crippen LogP contribution in [0.25, 0.3) is 0 Å². The largest absolute Gasteiger partial charge is 0.513 e. The summed E-state index contributed by atoms with van der Waals surface area (Å²) in [6.07, 6.45) is 4.91. The molecule has 16 heavy (non-hydrogen) atoms. The van der Waals surface area contributed by atoms with E-state index in [0.717, 1.165) is 24.8 Å². The molecular formula is C13H19ClNO+. The van der Waals surface area contributed by atoms with E-state index in [1.54, 1.807) is 4.58 Å². The van der Waals surface area contributed by atoms with Crippen LogP contribution in [0.5, 0.6) is 0 Å². The highest BCUT2D eigenvalue weighted by Gasteiger charge is 2.21. The van der Waals surface area contributed by atoms with Gasteiger partial charge in [0.25, 0.3) is 5.16 Å². The zero-order valence-corrected chi connectivity index (χ0v) is 10.7. The van der Waals surface area contributed by atoms with Crippen LogP contribution in [0.15, 0.2) is 34.7 Å². The third kappa shape index (κ3) is 2.99. The molecule has 0 amide bonds. The normalized spacial score (nSPS) is 22.2. The van der Waals surface area contributed by atoms with Gasteiger partial charge >= 0.3 is 0 Å². The number of nitrogens with zero attached hydrogens (tertiary/aromatic N) is 1. The molecule has 1 rings (SSSR count). The van der Waals surface area contributed by atoms with Crippen LogP contribution in [0.1, 0.15) is 26.2 Å². The monoisotopic (exact) mass is 240 g/mol. The van der Waals surface area contributed by atoms with Crippen LogP contribution in [-0.2, 0) is 0 Å². The minimum atomic E-state index is 0.162. The number of hydrogen-bond donors (Lipinski definition) is 1. The van der Waals surface area contributed by atoms with Crippen molar-refractivity contribution in [2.45, 2.75) is 26.2 Å². The van der Waals surface area contributed by atoms with Crippen molar-refractivity contribution in [1.82, 2.24) is 0 Å². The molecule has 0 saturated carbocycles. The Bertz CT molecular complexity index is 379. The van der Waals surface area contributed by atoms with Gasteiger partial charge in [0.15, 0.2) is 0 Å². The van der Waals surface area contributed by atoms with E-state index in [9.17, 15) is 5.11 Å². The predicted octanol–water partition coefficient (Wildman–Crippen LogP) is 3.60. The Morgan fingerprint density at radius 1 is 1.62 bits per heavy atom. The summed E-state index contributed by atoms with van der Waals surface area (Å²) < 4.78 is 1.65. The maximum atomic E-state index is 9.43. The number of aliphatic hydroxyl groups excluding tert-OH is 1. The highest BCUT2D eigenvalue weighted by atomic mass is 35.5. The zero-order chi connectivity index (χ0) is 12.3. The number of aliphatic hydroxyl groups is 1. The molecule has 0 radical (unpaired) electrons. The van der Waals surface area contributed by atoms with Crippen molar-refractivity contribution in [3.8, 4) is 0 Å². The maximum Gasteiger partial charge on any atom is 0.277 e. The van der Waals surface area contributed by atoms with Gasteiger partial charge in [-0.2, -0.15) is 4.58 Å². The zero-order valence-electron chi connectivity index (χ0n) is 9.96. The van der Waals surface area contributed by atoms with Gasteiger partial charge in [-0.15, -0.1) is 0 Å². The first-order valence-corrected chi connectivity index (χ1v) is 5.79. The summed E-state index contributed by atoms with van der Waals surface area (Å²) in [5.74, 6) is 0.437. The molecule has 1 atom stereocenters. The average Bonchev–Trinajstić information content (AvgIpc) is 2.27. The molecule has 2 nitrogen and oxygen atoms in total. The van der Waals surface area contributed by atoms with E-state index in [0.29, 0.717) is 5.16 Å². The Morgan fingerprint density at radius 2 is 2.25 bits per heavy atom. The number of hydrogen-bond acceptors (Lipinski definition) is 1. The van der Waals surface area contributed by atoms with E-state index >= 15 is 0 Å². The van der Waals surface area contributed by atoms with Gasteiger partial charge in [-0.05, 0) is 43.4 Å². The maximum absolute atomic E-state index is 9.43. The molecule has 88 valence electrons. The standard InChI is InChI=1S/C13H18ClNO/c1-9(13(14)15(3)4)11-6-5-7-12(8-11)10(2)16/h6,12H,2-3,5,7-8H2,1,4H3/p+1. The molecule has 1 N–H and O–H groups in total. The minimum absolute atomic E-state index is 0.162. The number of allylic oxidation sites excluding steroid dienone is 4. The van der Waals surface area contributed by atoms with E-state index in [2.05, 4.69) is 19.4 Å². The quantitative estimate of drug-likeness (QED) is 0.347. The fourth-order valence-corrected chi connectivity index (χ4v) is 2.04. The summed E-state index contributed by atoms with van der Waals surface area (Å²) in [5, 5.41) is 10.1. The van der Waals surface area contributed by atoms with Crippen molar-refractivity contribution < 1.29 is 9.68 Å². The number of rotatable bonds is 3. The summed E-state index contributed by atoms with van der Waals surface area (Å²) >= 11 is 6.14. The van der Waals surface area contributed by atoms with Gasteiger partial charge < -0.3 is 5.11 Å². The Labute approximate surface area is 102 Å². The van der Waals surface area contributed by atoms with Gasteiger partial charge in [-0.1, -0.05) is 12.7 Å². The molecular weight excluding hydrogens is 222 g/mol. The fraction of sp³-hybridized carbons (Fsp3) is 0.462. The lowest BCUT2D eigenvalue weighted by Gasteiger charge is -2.21. The van der Waals surface area contributed by atoms with Crippen molar-refractivity contribution >= 4 is 18.3 Å². The van der Waals surface area contributed by atoms with E-state index < -0.39 is 0 Å². The van der Waals surface area contributed by atoms with Crippen molar-refractivity contribution in [3.63, 3.8) is 0 Å². The summed E-state index contributed by atoms with van der Waals surface area (Å²) in [4.78, 5) is 0. The van der Waals surface area contributed by atoms with E-state index in [-0.39, 0.29) is 11.7 Å². The molecule has 0 heterocycles. The van der Waals surface area contributed by atoms with Crippen LogP contribution in [0.2, 0.25) is 0 Å². The van der Waals surface area contributed by atoms with Gasteiger partial charge in [0.2, 0.25) is 0 Å². The van der Waals surface area contributed by atoms with Crippen molar-refractivity contribution in [2.75, 3.05) is 7.05 Å². The first-order valence-electron chi connectivity index (χ1n) is 5.41. The average molecular weight is 241 g/mol. The number of halogens is 1. The van der Waals surface area contributed by atoms with Crippen LogP contribution in [-0.4, -0.2) is 23.4 Å².